The van der Waals surface area contributed by atoms with E-state index >= 15 is 0 Å². The van der Waals surface area contributed by atoms with Crippen LogP contribution >= 0.6 is 22.6 Å². The van der Waals surface area contributed by atoms with E-state index in [4.69, 9.17) is 4.42 Å². The quantitative estimate of drug-likeness (QED) is 0.513. The van der Waals surface area contributed by atoms with Gasteiger partial charge in [0.1, 0.15) is 17.3 Å². The van der Waals surface area contributed by atoms with Gasteiger partial charge in [-0.1, -0.05) is 0 Å². The molecule has 0 unspecified atom stereocenters. The van der Waals surface area contributed by atoms with Crippen LogP contribution in [-0.2, 0) is 6.54 Å². The number of benzene rings is 2. The molecular formula is C21H19IN2O5. The number of phenols is 2. The van der Waals surface area contributed by atoms with Crippen molar-refractivity contribution in [2.45, 2.75) is 6.54 Å². The molecule has 8 heteroatoms. The maximum Gasteiger partial charge on any atom is 0.262 e. The summed E-state index contributed by atoms with van der Waals surface area (Å²) in [6, 6.07) is 14.0. The minimum Gasteiger partial charge on any atom is -0.508 e. The van der Waals surface area contributed by atoms with Crippen molar-refractivity contribution in [2.24, 2.45) is 0 Å². The summed E-state index contributed by atoms with van der Waals surface area (Å²) in [7, 11) is 3.33. The van der Waals surface area contributed by atoms with Gasteiger partial charge in [-0.15, -0.1) is 0 Å². The van der Waals surface area contributed by atoms with E-state index in [9.17, 15) is 19.8 Å². The molecular weight excluding hydrogens is 487 g/mol. The second-order valence-electron chi connectivity index (χ2n) is 6.55. The van der Waals surface area contributed by atoms with Gasteiger partial charge in [-0.2, -0.15) is 0 Å². The summed E-state index contributed by atoms with van der Waals surface area (Å²) in [6.45, 7) is 0.128. The summed E-state index contributed by atoms with van der Waals surface area (Å²) >= 11 is 2.04. The van der Waals surface area contributed by atoms with Gasteiger partial charge in [0.05, 0.1) is 12.1 Å². The molecule has 3 rings (SSSR count). The van der Waals surface area contributed by atoms with Crippen molar-refractivity contribution in [1.82, 2.24) is 4.90 Å². The maximum absolute atomic E-state index is 13.2. The molecule has 0 bridgehead atoms. The molecule has 0 aliphatic rings. The van der Waals surface area contributed by atoms with Gasteiger partial charge in [0.25, 0.3) is 11.8 Å². The van der Waals surface area contributed by atoms with E-state index in [-0.39, 0.29) is 29.5 Å². The van der Waals surface area contributed by atoms with Gasteiger partial charge in [0, 0.05) is 31.4 Å². The van der Waals surface area contributed by atoms with Crippen LogP contribution in [0.2, 0.25) is 0 Å². The molecule has 0 atom stereocenters. The number of furan rings is 1. The van der Waals surface area contributed by atoms with Crippen molar-refractivity contribution in [3.8, 4) is 11.5 Å². The van der Waals surface area contributed by atoms with Crippen LogP contribution in [-0.4, -0.2) is 41.0 Å². The number of hydrogen-bond donors (Lipinski definition) is 2. The van der Waals surface area contributed by atoms with Crippen molar-refractivity contribution in [3.05, 3.63) is 75.3 Å². The molecule has 0 aliphatic carbocycles. The minimum absolute atomic E-state index is 0.0393. The molecule has 0 saturated carbocycles. The van der Waals surface area contributed by atoms with Crippen LogP contribution in [0.3, 0.4) is 0 Å². The number of phenolic OH excluding ortho intramolecular Hbond substituents is 2. The monoisotopic (exact) mass is 506 g/mol. The molecule has 3 aromatic rings. The first kappa shape index (κ1) is 20.7. The number of nitrogens with zero attached hydrogens (tertiary/aromatic N) is 2. The van der Waals surface area contributed by atoms with E-state index < -0.39 is 5.91 Å². The Morgan fingerprint density at radius 1 is 0.966 bits per heavy atom. The first-order valence-corrected chi connectivity index (χ1v) is 9.74. The van der Waals surface area contributed by atoms with Gasteiger partial charge in [-0.3, -0.25) is 9.59 Å². The molecule has 0 saturated heterocycles. The Morgan fingerprint density at radius 3 is 2.21 bits per heavy atom. The first-order valence-electron chi connectivity index (χ1n) is 8.66. The highest BCUT2D eigenvalue weighted by Gasteiger charge is 2.23. The van der Waals surface area contributed by atoms with E-state index in [0.717, 1.165) is 6.07 Å². The van der Waals surface area contributed by atoms with Gasteiger partial charge in [0.15, 0.2) is 3.77 Å². The van der Waals surface area contributed by atoms with Crippen LogP contribution in [0.4, 0.5) is 5.69 Å². The van der Waals surface area contributed by atoms with Crippen LogP contribution in [0.25, 0.3) is 0 Å². The Morgan fingerprint density at radius 2 is 1.66 bits per heavy atom. The standard InChI is InChI=1S/C21H19IN2O5/c1-23(2)20(27)13-3-5-14(6-4-13)24(12-16-8-10-19(22)29-16)21(28)17-9-7-15(25)11-18(17)26/h3-11,25-26H,12H2,1-2H3. The van der Waals surface area contributed by atoms with Gasteiger partial charge in [-0.25, -0.2) is 0 Å². The van der Waals surface area contributed by atoms with Gasteiger partial charge < -0.3 is 24.4 Å². The third-order valence-corrected chi connectivity index (χ3v) is 4.81. The molecule has 29 heavy (non-hydrogen) atoms. The Bertz CT molecular complexity index is 1040. The molecule has 2 aromatic carbocycles. The second kappa shape index (κ2) is 8.56. The van der Waals surface area contributed by atoms with E-state index in [1.54, 1.807) is 50.5 Å². The molecule has 7 nitrogen and oxygen atoms in total. The zero-order chi connectivity index (χ0) is 21.1. The zero-order valence-corrected chi connectivity index (χ0v) is 18.0. The fourth-order valence-electron chi connectivity index (χ4n) is 2.76. The number of anilines is 1. The fraction of sp³-hybridized carbons (Fsp3) is 0.143. The summed E-state index contributed by atoms with van der Waals surface area (Å²) in [5, 5.41) is 19.6. The van der Waals surface area contributed by atoms with E-state index in [1.165, 1.54) is 21.9 Å². The van der Waals surface area contributed by atoms with Crippen LogP contribution in [0, 0.1) is 3.77 Å². The van der Waals surface area contributed by atoms with E-state index in [0.29, 0.717) is 20.8 Å². The molecule has 0 radical (unpaired) electrons. The average Bonchev–Trinajstić information content (AvgIpc) is 3.10. The molecule has 0 fully saturated rings. The lowest BCUT2D eigenvalue weighted by atomic mass is 10.1. The number of carbonyl (C=O) groups is 2. The Hall–Kier alpha value is -3.01. The number of aromatic hydroxyl groups is 2. The summed E-state index contributed by atoms with van der Waals surface area (Å²) in [4.78, 5) is 28.2. The van der Waals surface area contributed by atoms with Crippen LogP contribution < -0.4 is 4.90 Å². The second-order valence-corrected chi connectivity index (χ2v) is 7.61. The molecule has 0 spiro atoms. The van der Waals surface area contributed by atoms with Crippen molar-refractivity contribution in [3.63, 3.8) is 0 Å². The highest BCUT2D eigenvalue weighted by Crippen LogP contribution is 2.28. The number of carbonyl (C=O) groups excluding carboxylic acids is 2. The Labute approximate surface area is 181 Å². The fourth-order valence-corrected chi connectivity index (χ4v) is 3.22. The van der Waals surface area contributed by atoms with Gasteiger partial charge in [0.2, 0.25) is 0 Å². The van der Waals surface area contributed by atoms with Crippen LogP contribution in [0.1, 0.15) is 26.5 Å². The number of halogens is 1. The van der Waals surface area contributed by atoms with Crippen LogP contribution in [0.15, 0.2) is 59.0 Å². The topological polar surface area (TPSA) is 94.2 Å². The van der Waals surface area contributed by atoms with Crippen LogP contribution in [0.5, 0.6) is 11.5 Å². The average molecular weight is 506 g/mol. The molecule has 1 heterocycles. The Balaban J connectivity index is 1.98. The van der Waals surface area contributed by atoms with Crippen molar-refractivity contribution in [2.75, 3.05) is 19.0 Å². The predicted octanol–water partition coefficient (Wildman–Crippen LogP) is 3.84. The smallest absolute Gasteiger partial charge is 0.262 e. The summed E-state index contributed by atoms with van der Waals surface area (Å²) in [6.07, 6.45) is 0. The summed E-state index contributed by atoms with van der Waals surface area (Å²) in [5.74, 6) is -0.521. The number of rotatable bonds is 5. The molecule has 0 aliphatic heterocycles. The lowest BCUT2D eigenvalue weighted by Crippen LogP contribution is -2.30. The van der Waals surface area contributed by atoms with Gasteiger partial charge in [-0.05, 0) is 71.1 Å². The zero-order valence-electron chi connectivity index (χ0n) is 15.8. The maximum atomic E-state index is 13.2. The summed E-state index contributed by atoms with van der Waals surface area (Å²) < 4.78 is 6.28. The van der Waals surface area contributed by atoms with E-state index in [1.807, 2.05) is 22.6 Å². The largest absolute Gasteiger partial charge is 0.508 e. The normalized spacial score (nSPS) is 10.6. The lowest BCUT2D eigenvalue weighted by molar-refractivity contribution is 0.0827. The third kappa shape index (κ3) is 4.70. The van der Waals surface area contributed by atoms with Crippen molar-refractivity contribution < 1.29 is 24.2 Å². The molecule has 1 aromatic heterocycles. The predicted molar refractivity (Wildman–Crippen MR) is 116 cm³/mol. The third-order valence-electron chi connectivity index (χ3n) is 4.23. The number of hydrogen-bond acceptors (Lipinski definition) is 5. The molecule has 150 valence electrons. The molecule has 2 N–H and O–H groups in total. The number of amides is 2. The first-order chi connectivity index (χ1) is 13.8. The SMILES string of the molecule is CN(C)C(=O)c1ccc(N(Cc2ccc(I)o2)C(=O)c2ccc(O)cc2O)cc1. The Kier molecular flexibility index (Phi) is 6.12. The van der Waals surface area contributed by atoms with Crippen molar-refractivity contribution >= 4 is 40.1 Å². The lowest BCUT2D eigenvalue weighted by Gasteiger charge is -2.23. The van der Waals surface area contributed by atoms with Gasteiger partial charge >= 0.3 is 0 Å². The van der Waals surface area contributed by atoms with E-state index in [2.05, 4.69) is 0 Å². The summed E-state index contributed by atoms with van der Waals surface area (Å²) in [5.41, 5.74) is 1.06. The van der Waals surface area contributed by atoms with Crippen molar-refractivity contribution in [1.29, 1.82) is 0 Å². The highest BCUT2D eigenvalue weighted by atomic mass is 127. The molecule has 2 amide bonds. The highest BCUT2D eigenvalue weighted by molar-refractivity contribution is 14.1. The minimum atomic E-state index is -0.472.